The number of aromatic amines is 1. The maximum absolute atomic E-state index is 16.8. The Hall–Kier alpha value is -7.80. The van der Waals surface area contributed by atoms with Gasteiger partial charge in [-0.3, -0.25) is 69.2 Å². The lowest BCUT2D eigenvalue weighted by Crippen LogP contribution is -2.37. The summed E-state index contributed by atoms with van der Waals surface area (Å²) in [6.07, 6.45) is -9.09. The summed E-state index contributed by atoms with van der Waals surface area (Å²) >= 11 is 0.350. The molecule has 688 valence electrons. The fourth-order valence-electron chi connectivity index (χ4n) is 13.9. The number of hydrogen-bond donors (Lipinski definition) is 4. The van der Waals surface area contributed by atoms with Gasteiger partial charge in [0.25, 0.3) is 5.56 Å². The average Bonchev–Trinajstić information content (AvgIpc) is 1.62. The number of imidazole rings is 4. The zero-order chi connectivity index (χ0) is 89.3. The van der Waals surface area contributed by atoms with Crippen LogP contribution >= 0.6 is 41.2 Å². The lowest BCUT2D eigenvalue weighted by atomic mass is 9.98. The van der Waals surface area contributed by atoms with Gasteiger partial charge in [0.15, 0.2) is 107 Å². The molecule has 0 aliphatic carbocycles. The number of alkyl halides is 4. The molecule has 0 aromatic carbocycles. The van der Waals surface area contributed by atoms with Gasteiger partial charge in [0.1, 0.15) is 85.2 Å². The van der Waals surface area contributed by atoms with Gasteiger partial charge in [0.05, 0.1) is 75.5 Å². The Bertz CT molecular complexity index is 5240. The Morgan fingerprint density at radius 3 is 1.62 bits per heavy atom. The molecule has 7 aliphatic rings. The number of halogens is 4. The second-order valence-corrected chi connectivity index (χ2v) is 41.1. The molecule has 14 rings (SSSR count). The molecule has 54 heteroatoms. The fourth-order valence-corrected chi connectivity index (χ4v) is 19.9. The van der Waals surface area contributed by atoms with Gasteiger partial charge in [-0.05, 0) is 48.0 Å². The largest absolute Gasteiger partial charge is 0.509 e. The van der Waals surface area contributed by atoms with Gasteiger partial charge in [-0.25, -0.2) is 85.9 Å². The number of nitrogens with two attached hydrogens (primary N) is 2. The van der Waals surface area contributed by atoms with E-state index in [4.69, 9.17) is 95.0 Å². The number of nitrogen functional groups attached to an aromatic ring is 2. The first-order chi connectivity index (χ1) is 59.6. The minimum Gasteiger partial charge on any atom is -0.438 e. The van der Waals surface area contributed by atoms with Crippen LogP contribution in [0.25, 0.3) is 33.5 Å². The molecule has 4 unspecified atom stereocenters. The molecule has 7 aromatic heterocycles. The zero-order valence-electron chi connectivity index (χ0n) is 68.7. The van der Waals surface area contributed by atoms with E-state index >= 15 is 17.6 Å². The van der Waals surface area contributed by atoms with Crippen molar-refractivity contribution in [1.82, 2.24) is 68.1 Å². The number of unbranched alkanes of at least 4 members (excludes halogenated alkanes) is 11. The number of nitrogens with one attached hydrogen (secondary N) is 1. The molecule has 0 radical (unpaired) electrons. The molecule has 0 amide bonds. The Morgan fingerprint density at radius 1 is 0.544 bits per heavy atom. The first-order valence-electron chi connectivity index (χ1n) is 40.0. The highest BCUT2D eigenvalue weighted by molar-refractivity contribution is 8.55. The standard InChI is InChI=1S/C37H53F2N9O13P2S.C34H44F2N8O15P2/c1-2-3-4-5-6-7-8-9-10-11-12-13-14-54-37(50)56-22-64-63(53)58-16-24-29(26(39)35(60-24)47-19-45-27-31(40)41-17-42-32(27)47)55-21-62(51,52)57-15-23-25(38)30(61-63)36(59-23)48-20-46-28-33(48)43-18-44-34(28)49;1-33(2,3)31(46)50-14-55-60(48)16-52-24-19(58-29(21(24)36)43-13-42-23-26(37)39-11-40-28(23)43)10-54-61(49,56-15-51-32(47)34(4,5)6)59-25-20(35)18(9-53-60)57-30(25)44-12-41-22-17(45)7-8-38-27(22)44/h17-20,23-26,29-30,35-36H,2-16,21-22H2,1H3,(H,51,52)(H2,40,41,42)(H,43,44,49);8,11-13,18-21,24-25,29-30H,7,9-10,14-16H2,1-6H3,(H2,37,39,40)/t23-,24-,25-,26-,29-,30-,35-,36-,63?;18-,19-,20-,21-,24-,25-,29-,30-,60?,61?/m11/s1. The Balaban J connectivity index is 0.000000215. The molecular weight excluding hydrogens is 1770 g/mol. The fraction of sp³-hybridized carbons (Fsp3) is 0.676. The van der Waals surface area contributed by atoms with Crippen molar-refractivity contribution >= 4 is 122 Å². The molecule has 0 spiro atoms. The number of anilines is 2. The quantitative estimate of drug-likeness (QED) is 0.00977. The van der Waals surface area contributed by atoms with E-state index < -0.39 is 227 Å². The third kappa shape index (κ3) is 22.7. The summed E-state index contributed by atoms with van der Waals surface area (Å²) < 4.78 is 229. The second-order valence-electron chi connectivity index (χ2n) is 31.7. The Kier molecular flexibility index (Phi) is 31.0. The predicted octanol–water partition coefficient (Wildman–Crippen LogP) is 10.9. The van der Waals surface area contributed by atoms with Crippen LogP contribution in [0.15, 0.2) is 54.1 Å². The van der Waals surface area contributed by atoms with Crippen LogP contribution < -0.4 is 17.0 Å². The highest BCUT2D eigenvalue weighted by Gasteiger charge is 2.58. The van der Waals surface area contributed by atoms with Crippen molar-refractivity contribution in [3.63, 3.8) is 0 Å². The zero-order valence-corrected chi connectivity index (χ0v) is 73.1. The molecule has 125 heavy (non-hydrogen) atoms. The molecule has 45 nitrogen and oxygen atoms in total. The van der Waals surface area contributed by atoms with Crippen molar-refractivity contribution in [3.8, 4) is 0 Å². The van der Waals surface area contributed by atoms with Crippen LogP contribution in [0.4, 0.5) is 39.8 Å². The van der Waals surface area contributed by atoms with Gasteiger partial charge < -0.3 is 77.8 Å². The summed E-state index contributed by atoms with van der Waals surface area (Å²) in [4.78, 5) is 117. The minimum absolute atomic E-state index is 0.00769. The van der Waals surface area contributed by atoms with Gasteiger partial charge in [-0.2, -0.15) is 0 Å². The van der Waals surface area contributed by atoms with E-state index in [1.165, 1.54) is 72.9 Å². The molecule has 6 fully saturated rings. The van der Waals surface area contributed by atoms with Crippen LogP contribution in [0.2, 0.25) is 0 Å². The lowest BCUT2D eigenvalue weighted by molar-refractivity contribution is -0.162. The molecule has 7 aromatic rings. The van der Waals surface area contributed by atoms with Crippen LogP contribution in [0.1, 0.15) is 167 Å². The summed E-state index contributed by atoms with van der Waals surface area (Å²) in [5, 5.41) is 0. The van der Waals surface area contributed by atoms with Crippen LogP contribution in [-0.2, 0) is 111 Å². The van der Waals surface area contributed by atoms with E-state index in [-0.39, 0.29) is 69.7 Å². The summed E-state index contributed by atoms with van der Waals surface area (Å²) in [7, 11) is -14.5. The van der Waals surface area contributed by atoms with Gasteiger partial charge in [0, 0.05) is 24.0 Å². The van der Waals surface area contributed by atoms with E-state index in [0.29, 0.717) is 17.8 Å². The van der Waals surface area contributed by atoms with Gasteiger partial charge in [-0.1, -0.05) is 77.6 Å². The smallest absolute Gasteiger partial charge is 0.438 e. The van der Waals surface area contributed by atoms with Crippen molar-refractivity contribution < 1.29 is 143 Å². The van der Waals surface area contributed by atoms with Crippen LogP contribution in [0.3, 0.4) is 0 Å². The Morgan fingerprint density at radius 2 is 1.03 bits per heavy atom. The number of aliphatic imine (C=N–C) groups is 1. The van der Waals surface area contributed by atoms with Crippen LogP contribution in [-0.4, -0.2) is 242 Å². The summed E-state index contributed by atoms with van der Waals surface area (Å²) in [5.74, 6) is -2.65. The molecule has 4 bridgehead atoms. The molecule has 6 saturated heterocycles. The number of phosphoric ester groups is 1. The number of hydrogen-bond acceptors (Lipinski definition) is 40. The molecular formula is C71H97F4N17O28P4S. The number of H-pyrrole nitrogens is 1. The summed E-state index contributed by atoms with van der Waals surface area (Å²) in [5.41, 5.74) is 9.34. The van der Waals surface area contributed by atoms with E-state index in [1.54, 1.807) is 41.5 Å². The van der Waals surface area contributed by atoms with E-state index in [0.717, 1.165) is 66.5 Å². The third-order valence-electron chi connectivity index (χ3n) is 20.5. The first kappa shape index (κ1) is 94.8. The van der Waals surface area contributed by atoms with E-state index in [1.807, 2.05) is 0 Å². The highest BCUT2D eigenvalue weighted by Crippen LogP contribution is 2.64. The minimum atomic E-state index is -5.14. The first-order valence-corrected chi connectivity index (χ1v) is 48.1. The summed E-state index contributed by atoms with van der Waals surface area (Å²) in [6, 6.07) is 0. The number of esters is 2. The maximum Gasteiger partial charge on any atom is 0.509 e. The molecule has 6 N–H and O–H groups in total. The van der Waals surface area contributed by atoms with Crippen LogP contribution in [0, 0.1) is 10.8 Å². The number of carbonyl (C=O) groups excluding carboxylic acids is 4. The number of ether oxygens (including phenoxy) is 10. The number of ketones is 1. The third-order valence-corrected chi connectivity index (χ3v) is 27.8. The average molecular weight is 1870 g/mol. The lowest BCUT2D eigenvalue weighted by Gasteiger charge is -2.28. The number of carbonyl (C=O) groups is 4. The van der Waals surface area contributed by atoms with Crippen molar-refractivity contribution in [1.29, 1.82) is 0 Å². The van der Waals surface area contributed by atoms with Crippen molar-refractivity contribution in [2.75, 3.05) is 76.7 Å². The molecule has 0 saturated carbocycles. The monoisotopic (exact) mass is 1870 g/mol. The highest BCUT2D eigenvalue weighted by atomic mass is 32.7. The number of Topliss-reactive ketones (excluding diaryl/α,β-unsaturated/α-hetero) is 1. The van der Waals surface area contributed by atoms with E-state index in [2.05, 4.69) is 61.8 Å². The van der Waals surface area contributed by atoms with Crippen molar-refractivity contribution in [2.24, 2.45) is 15.8 Å². The number of nitrogens with zero attached hydrogens (tertiary/aromatic N) is 14. The topological polar surface area (TPSA) is 556 Å². The maximum atomic E-state index is 16.8. The van der Waals surface area contributed by atoms with Gasteiger partial charge in [-0.15, -0.1) is 0 Å². The van der Waals surface area contributed by atoms with Gasteiger partial charge >= 0.3 is 47.9 Å². The Labute approximate surface area is 714 Å². The van der Waals surface area contributed by atoms with Crippen molar-refractivity contribution in [2.45, 2.75) is 230 Å². The van der Waals surface area contributed by atoms with Gasteiger partial charge in [0.2, 0.25) is 13.6 Å². The number of aromatic nitrogens is 14. The van der Waals surface area contributed by atoms with E-state index in [9.17, 15) is 47.1 Å². The second kappa shape index (κ2) is 40.9. The number of rotatable bonds is 26. The number of fused-ring (bicyclic) bond motifs is 10. The summed E-state index contributed by atoms with van der Waals surface area (Å²) in [6.45, 7) is 1.57. The van der Waals surface area contributed by atoms with Crippen molar-refractivity contribution in [3.05, 3.63) is 60.3 Å². The molecule has 14 heterocycles. The molecule has 7 aliphatic heterocycles. The molecule has 20 atom stereocenters. The SMILES string of the molecule is CC(C)(C)C(=O)OCOP1(=O)CO[C@H]2[C@@H](F)[C@H](n3cnc4c(N)ncnc43)O[C@@H]2COP(=O)(OCOC(=O)C(C)(C)C)O[C@@H]2[C@H](F)[C@@H](CO1)O[C@H]2n1cnc2c1N=CCC2=O.CCCCCCCCCCCCCCOC(=O)OCSP1(=O)OC[C@H]2O[C@@H](n3cnc4c(N)ncnc43)[C@H](F)[C@@H]2OCP(=O)(O)OC[C@H]2O[C@@H](n3cnc4c(=O)[nH]cnc43)[C@H](O1)[C@@H]2F. The normalized spacial score (nSPS) is 31.2. The van der Waals surface area contributed by atoms with Crippen LogP contribution in [0.5, 0.6) is 0 Å². The number of phosphoric acid groups is 1. The predicted molar refractivity (Wildman–Crippen MR) is 427 cm³/mol.